The third-order valence-corrected chi connectivity index (χ3v) is 4.66. The van der Waals surface area contributed by atoms with Gasteiger partial charge < -0.3 is 43.8 Å². The van der Waals surface area contributed by atoms with E-state index in [4.69, 9.17) is 33.2 Å². The van der Waals surface area contributed by atoms with Crippen LogP contribution in [-0.2, 0) is 49.4 Å². The zero-order valence-electron chi connectivity index (χ0n) is 23.0. The van der Waals surface area contributed by atoms with E-state index < -0.39 is 35.7 Å². The average molecular weight is 543 g/mol. The van der Waals surface area contributed by atoms with Crippen LogP contribution in [0.4, 0.5) is 4.79 Å². The molecule has 0 bridgehead atoms. The summed E-state index contributed by atoms with van der Waals surface area (Å²) in [6.45, 7) is 7.51. The lowest BCUT2D eigenvalue weighted by molar-refractivity contribution is -0.147. The highest BCUT2D eigenvalue weighted by molar-refractivity contribution is 5.89. The molecule has 0 aliphatic rings. The van der Waals surface area contributed by atoms with E-state index in [1.54, 1.807) is 20.8 Å². The van der Waals surface area contributed by atoms with Gasteiger partial charge in [-0.1, -0.05) is 30.3 Å². The number of methoxy groups -OCH3 is 2. The molecule has 0 saturated carbocycles. The molecule has 12 nitrogen and oxygen atoms in total. The first-order chi connectivity index (χ1) is 18.2. The third-order valence-electron chi connectivity index (χ3n) is 4.66. The summed E-state index contributed by atoms with van der Waals surface area (Å²) in [5.41, 5.74) is 0.364. The molecule has 38 heavy (non-hydrogen) atoms. The summed E-state index contributed by atoms with van der Waals surface area (Å²) in [5, 5.41) is 4.93. The van der Waals surface area contributed by atoms with Gasteiger partial charge in [0.05, 0.1) is 66.6 Å². The molecule has 12 heteroatoms. The number of benzene rings is 1. The summed E-state index contributed by atoms with van der Waals surface area (Å²) >= 11 is 0. The molecular formula is C26H42N2O10. The van der Waals surface area contributed by atoms with Gasteiger partial charge >= 0.3 is 12.1 Å². The Morgan fingerprint density at radius 1 is 0.763 bits per heavy atom. The number of nitrogens with one attached hydrogen (secondary N) is 2. The largest absolute Gasteiger partial charge is 0.467 e. The lowest BCUT2D eigenvalue weighted by Crippen LogP contribution is -2.55. The maximum atomic E-state index is 12.7. The van der Waals surface area contributed by atoms with E-state index in [1.807, 2.05) is 30.3 Å². The summed E-state index contributed by atoms with van der Waals surface area (Å²) in [6.07, 6.45) is -0.790. The zero-order valence-corrected chi connectivity index (χ0v) is 23.0. The van der Waals surface area contributed by atoms with Crippen molar-refractivity contribution in [1.82, 2.24) is 10.6 Å². The van der Waals surface area contributed by atoms with Crippen molar-refractivity contribution in [2.45, 2.75) is 45.1 Å². The number of carbonyl (C=O) groups excluding carboxylic acids is 3. The van der Waals surface area contributed by atoms with Crippen LogP contribution in [0.5, 0.6) is 0 Å². The van der Waals surface area contributed by atoms with Gasteiger partial charge in [0.15, 0.2) is 6.04 Å². The number of ether oxygens (including phenoxy) is 7. The van der Waals surface area contributed by atoms with Crippen LogP contribution in [0.15, 0.2) is 30.3 Å². The molecule has 0 fully saturated rings. The highest BCUT2D eigenvalue weighted by Gasteiger charge is 2.29. The zero-order chi connectivity index (χ0) is 28.2. The van der Waals surface area contributed by atoms with Gasteiger partial charge in [-0.25, -0.2) is 9.59 Å². The number of hydrogen-bond donors (Lipinski definition) is 2. The van der Waals surface area contributed by atoms with Crippen LogP contribution in [0, 0.1) is 0 Å². The Bertz CT molecular complexity index is 801. The van der Waals surface area contributed by atoms with E-state index in [0.717, 1.165) is 5.56 Å². The van der Waals surface area contributed by atoms with Gasteiger partial charge in [0.25, 0.3) is 0 Å². The van der Waals surface area contributed by atoms with Crippen molar-refractivity contribution in [1.29, 1.82) is 0 Å². The predicted octanol–water partition coefficient (Wildman–Crippen LogP) is 1.45. The molecule has 1 aromatic carbocycles. The van der Waals surface area contributed by atoms with Crippen molar-refractivity contribution in [2.24, 2.45) is 0 Å². The first kappa shape index (κ1) is 33.3. The van der Waals surface area contributed by atoms with Crippen LogP contribution >= 0.6 is 0 Å². The fourth-order valence-corrected chi connectivity index (χ4v) is 2.91. The van der Waals surface area contributed by atoms with Gasteiger partial charge in [0.1, 0.15) is 11.6 Å². The van der Waals surface area contributed by atoms with E-state index in [9.17, 15) is 14.4 Å². The standard InChI is InChI=1S/C26H42N2O10/c1-26(2,3)38-25(31)28-21(18-32-4)23(29)27-22(24(30)33-5)19-37-16-14-35-12-11-34-13-15-36-17-20-9-7-6-8-10-20/h6-10,21-22H,11-19H2,1-5H3,(H,27,29)(H,28,31)/t21-,22-/m0/s1. The molecule has 1 rings (SSSR count). The van der Waals surface area contributed by atoms with E-state index in [0.29, 0.717) is 33.0 Å². The Morgan fingerprint density at radius 3 is 1.89 bits per heavy atom. The summed E-state index contributed by atoms with van der Waals surface area (Å²) < 4.78 is 36.8. The van der Waals surface area contributed by atoms with E-state index >= 15 is 0 Å². The molecule has 0 saturated heterocycles. The molecule has 2 atom stereocenters. The highest BCUT2D eigenvalue weighted by atomic mass is 16.6. The molecule has 0 aliphatic heterocycles. The lowest BCUT2D eigenvalue weighted by Gasteiger charge is -2.24. The SMILES string of the molecule is COC[C@H](NC(=O)OC(C)(C)C)C(=O)N[C@@H](COCCOCCOCCOCc1ccccc1)C(=O)OC. The molecule has 0 spiro atoms. The number of rotatable bonds is 19. The number of carbonyl (C=O) groups is 3. The highest BCUT2D eigenvalue weighted by Crippen LogP contribution is 2.07. The summed E-state index contributed by atoms with van der Waals surface area (Å²) in [5.74, 6) is -1.35. The number of hydrogen-bond acceptors (Lipinski definition) is 10. The third kappa shape index (κ3) is 16.2. The number of alkyl carbamates (subject to hydrolysis) is 1. The van der Waals surface area contributed by atoms with E-state index in [2.05, 4.69) is 10.6 Å². The molecule has 2 N–H and O–H groups in total. The van der Waals surface area contributed by atoms with Crippen molar-refractivity contribution < 1.29 is 47.5 Å². The minimum Gasteiger partial charge on any atom is -0.467 e. The second-order valence-corrected chi connectivity index (χ2v) is 9.08. The number of esters is 1. The summed E-state index contributed by atoms with van der Waals surface area (Å²) in [7, 11) is 2.58. The summed E-state index contributed by atoms with van der Waals surface area (Å²) in [4.78, 5) is 36.8. The maximum Gasteiger partial charge on any atom is 0.408 e. The first-order valence-electron chi connectivity index (χ1n) is 12.4. The van der Waals surface area contributed by atoms with Gasteiger partial charge in [0.2, 0.25) is 5.91 Å². The van der Waals surface area contributed by atoms with Crippen LogP contribution in [-0.4, -0.2) is 103 Å². The van der Waals surface area contributed by atoms with Crippen molar-refractivity contribution in [2.75, 3.05) is 67.1 Å². The molecule has 0 heterocycles. The maximum absolute atomic E-state index is 12.7. The fraction of sp³-hybridized carbons (Fsp3) is 0.654. The molecule has 1 aromatic rings. The second-order valence-electron chi connectivity index (χ2n) is 9.08. The minimum absolute atomic E-state index is 0.130. The molecule has 216 valence electrons. The van der Waals surface area contributed by atoms with Gasteiger partial charge in [0, 0.05) is 7.11 Å². The molecule has 0 aromatic heterocycles. The molecule has 0 radical (unpaired) electrons. The van der Waals surface area contributed by atoms with Gasteiger partial charge in [-0.15, -0.1) is 0 Å². The second kappa shape index (κ2) is 19.3. The van der Waals surface area contributed by atoms with Gasteiger partial charge in [-0.05, 0) is 26.3 Å². The van der Waals surface area contributed by atoms with Crippen molar-refractivity contribution in [3.8, 4) is 0 Å². The molecule has 0 aliphatic carbocycles. The Hall–Kier alpha value is -2.77. The first-order valence-corrected chi connectivity index (χ1v) is 12.4. The van der Waals surface area contributed by atoms with E-state index in [-0.39, 0.29) is 26.4 Å². The molecule has 0 unspecified atom stereocenters. The quantitative estimate of drug-likeness (QED) is 0.195. The Labute approximate surface area is 224 Å². The Balaban J connectivity index is 2.24. The van der Waals surface area contributed by atoms with Gasteiger partial charge in [-0.2, -0.15) is 0 Å². The fourth-order valence-electron chi connectivity index (χ4n) is 2.91. The monoisotopic (exact) mass is 542 g/mol. The smallest absolute Gasteiger partial charge is 0.408 e. The molecule has 2 amide bonds. The van der Waals surface area contributed by atoms with Crippen molar-refractivity contribution in [3.05, 3.63) is 35.9 Å². The van der Waals surface area contributed by atoms with Crippen molar-refractivity contribution >= 4 is 18.0 Å². The lowest BCUT2D eigenvalue weighted by atomic mass is 10.2. The van der Waals surface area contributed by atoms with Crippen LogP contribution in [0.1, 0.15) is 26.3 Å². The Morgan fingerprint density at radius 2 is 1.34 bits per heavy atom. The van der Waals surface area contributed by atoms with Crippen LogP contribution < -0.4 is 10.6 Å². The predicted molar refractivity (Wildman–Crippen MR) is 138 cm³/mol. The van der Waals surface area contributed by atoms with E-state index in [1.165, 1.54) is 14.2 Å². The Kier molecular flexibility index (Phi) is 16.9. The topological polar surface area (TPSA) is 140 Å². The average Bonchev–Trinajstić information content (AvgIpc) is 2.87. The van der Waals surface area contributed by atoms with Gasteiger partial charge in [-0.3, -0.25) is 4.79 Å². The number of amides is 2. The normalized spacial score (nSPS) is 12.9. The van der Waals surface area contributed by atoms with Crippen LogP contribution in [0.2, 0.25) is 0 Å². The van der Waals surface area contributed by atoms with Crippen molar-refractivity contribution in [3.63, 3.8) is 0 Å². The summed E-state index contributed by atoms with van der Waals surface area (Å²) in [6, 6.07) is 7.71. The molecular weight excluding hydrogens is 500 g/mol. The van der Waals surface area contributed by atoms with Crippen LogP contribution in [0.3, 0.4) is 0 Å². The van der Waals surface area contributed by atoms with Crippen LogP contribution in [0.25, 0.3) is 0 Å². The minimum atomic E-state index is -1.09.